The van der Waals surface area contributed by atoms with Crippen LogP contribution < -0.4 is 5.32 Å². The summed E-state index contributed by atoms with van der Waals surface area (Å²) in [6.45, 7) is 0. The van der Waals surface area contributed by atoms with Crippen LogP contribution in [0.4, 0.5) is 0 Å². The summed E-state index contributed by atoms with van der Waals surface area (Å²) in [4.78, 5) is 16.8. The lowest BCUT2D eigenvalue weighted by molar-refractivity contribution is -0.116. The van der Waals surface area contributed by atoms with E-state index in [0.717, 1.165) is 16.8 Å². The molecule has 1 aromatic heterocycles. The van der Waals surface area contributed by atoms with Crippen molar-refractivity contribution < 1.29 is 4.79 Å². The number of nitrogens with zero attached hydrogens (tertiary/aromatic N) is 1. The van der Waals surface area contributed by atoms with E-state index >= 15 is 0 Å². The second-order valence-electron chi connectivity index (χ2n) is 5.61. The van der Waals surface area contributed by atoms with Crippen molar-refractivity contribution in [2.75, 3.05) is 0 Å². The van der Waals surface area contributed by atoms with Gasteiger partial charge in [0.25, 0.3) is 0 Å². The van der Waals surface area contributed by atoms with E-state index in [4.69, 9.17) is 23.2 Å². The van der Waals surface area contributed by atoms with E-state index in [-0.39, 0.29) is 11.9 Å². The fourth-order valence-corrected chi connectivity index (χ4v) is 2.98. The lowest BCUT2D eigenvalue weighted by Crippen LogP contribution is -2.28. The monoisotopic (exact) mass is 382 g/mol. The van der Waals surface area contributed by atoms with Crippen LogP contribution in [0.3, 0.4) is 0 Å². The molecule has 0 aliphatic rings. The Balaban J connectivity index is 1.80. The van der Waals surface area contributed by atoms with Crippen LogP contribution in [0.1, 0.15) is 22.9 Å². The predicted molar refractivity (Wildman–Crippen MR) is 106 cm³/mol. The Kier molecular flexibility index (Phi) is 6.05. The Labute approximate surface area is 162 Å². The topological polar surface area (TPSA) is 42.0 Å². The largest absolute Gasteiger partial charge is 0.340 e. The van der Waals surface area contributed by atoms with E-state index in [1.807, 2.05) is 48.5 Å². The number of amides is 1. The van der Waals surface area contributed by atoms with Crippen LogP contribution in [0.2, 0.25) is 10.0 Å². The number of rotatable bonds is 5. The Morgan fingerprint density at radius 2 is 1.77 bits per heavy atom. The third-order valence-electron chi connectivity index (χ3n) is 3.78. The molecule has 0 spiro atoms. The summed E-state index contributed by atoms with van der Waals surface area (Å²) in [6, 6.07) is 20.1. The van der Waals surface area contributed by atoms with Crippen molar-refractivity contribution in [1.29, 1.82) is 0 Å². The average Bonchev–Trinajstić information content (AvgIpc) is 2.67. The molecule has 0 fully saturated rings. The highest BCUT2D eigenvalue weighted by molar-refractivity contribution is 6.35. The van der Waals surface area contributed by atoms with Crippen LogP contribution in [-0.2, 0) is 4.79 Å². The van der Waals surface area contributed by atoms with Gasteiger partial charge >= 0.3 is 0 Å². The second-order valence-corrected chi connectivity index (χ2v) is 6.45. The highest BCUT2D eigenvalue weighted by atomic mass is 35.5. The first-order valence-electron chi connectivity index (χ1n) is 8.03. The van der Waals surface area contributed by atoms with E-state index in [0.29, 0.717) is 10.0 Å². The summed E-state index contributed by atoms with van der Waals surface area (Å²) in [6.07, 6.45) is 4.82. The fourth-order valence-electron chi connectivity index (χ4n) is 2.51. The molecule has 0 aliphatic carbocycles. The lowest BCUT2D eigenvalue weighted by Gasteiger charge is -2.18. The molecule has 0 saturated carbocycles. The molecule has 1 amide bonds. The first-order chi connectivity index (χ1) is 12.6. The van der Waals surface area contributed by atoms with Crippen LogP contribution in [0.5, 0.6) is 0 Å². The first kappa shape index (κ1) is 18.2. The number of aromatic nitrogens is 1. The molecule has 1 N–H and O–H groups in total. The Bertz CT molecular complexity index is 872. The molecule has 0 radical (unpaired) electrons. The van der Waals surface area contributed by atoms with Gasteiger partial charge in [-0.3, -0.25) is 9.78 Å². The zero-order chi connectivity index (χ0) is 18.4. The number of carbonyl (C=O) groups excluding carboxylic acids is 1. The van der Waals surface area contributed by atoms with Gasteiger partial charge in [-0.05, 0) is 41.5 Å². The highest BCUT2D eigenvalue weighted by Crippen LogP contribution is 2.23. The number of halogens is 2. The predicted octanol–water partition coefficient (Wildman–Crippen LogP) is 5.31. The third-order valence-corrected chi connectivity index (χ3v) is 4.34. The van der Waals surface area contributed by atoms with Crippen LogP contribution >= 0.6 is 23.2 Å². The number of hydrogen-bond acceptors (Lipinski definition) is 2. The number of nitrogens with one attached hydrogen (secondary N) is 1. The fraction of sp³-hybridized carbons (Fsp3) is 0.0476. The minimum atomic E-state index is -0.338. The van der Waals surface area contributed by atoms with E-state index in [1.54, 1.807) is 30.5 Å². The van der Waals surface area contributed by atoms with Crippen molar-refractivity contribution in [2.24, 2.45) is 0 Å². The summed E-state index contributed by atoms with van der Waals surface area (Å²) >= 11 is 12.0. The third kappa shape index (κ3) is 4.72. The summed E-state index contributed by atoms with van der Waals surface area (Å²) in [5, 5.41) is 4.04. The molecule has 3 aromatic rings. The summed E-state index contributed by atoms with van der Waals surface area (Å²) in [5.41, 5.74) is 2.45. The molecule has 5 heteroatoms. The quantitative estimate of drug-likeness (QED) is 0.607. The van der Waals surface area contributed by atoms with E-state index in [1.165, 1.54) is 6.08 Å². The van der Waals surface area contributed by atoms with Gasteiger partial charge in [-0.2, -0.15) is 0 Å². The number of hydrogen-bond donors (Lipinski definition) is 1. The van der Waals surface area contributed by atoms with Gasteiger partial charge in [0.2, 0.25) is 5.91 Å². The molecule has 3 rings (SSSR count). The van der Waals surface area contributed by atoms with Crippen molar-refractivity contribution in [2.45, 2.75) is 6.04 Å². The summed E-state index contributed by atoms with van der Waals surface area (Å²) < 4.78 is 0. The summed E-state index contributed by atoms with van der Waals surface area (Å²) in [5.74, 6) is -0.240. The van der Waals surface area contributed by atoms with Gasteiger partial charge in [-0.1, -0.05) is 65.7 Å². The molecule has 1 atom stereocenters. The van der Waals surface area contributed by atoms with E-state index in [2.05, 4.69) is 10.3 Å². The van der Waals surface area contributed by atoms with E-state index < -0.39 is 0 Å². The van der Waals surface area contributed by atoms with Gasteiger partial charge in [0.1, 0.15) is 0 Å². The number of carbonyl (C=O) groups is 1. The van der Waals surface area contributed by atoms with E-state index in [9.17, 15) is 4.79 Å². The van der Waals surface area contributed by atoms with Gasteiger partial charge in [0.05, 0.1) is 11.7 Å². The van der Waals surface area contributed by atoms with Gasteiger partial charge < -0.3 is 5.32 Å². The zero-order valence-corrected chi connectivity index (χ0v) is 15.3. The number of benzene rings is 2. The Morgan fingerprint density at radius 3 is 2.46 bits per heavy atom. The molecule has 2 aromatic carbocycles. The standard InChI is InChI=1S/C21H16Cl2N2O/c22-17-11-9-15(18(23)14-17)10-12-20(26)25-21(16-6-2-1-3-7-16)19-8-4-5-13-24-19/h1-14,21H,(H,25,26)/b12-10+/t21-/m1/s1. The van der Waals surface area contributed by atoms with Crippen molar-refractivity contribution in [3.05, 3.63) is 106 Å². The minimum Gasteiger partial charge on any atom is -0.340 e. The minimum absolute atomic E-state index is 0.240. The Hall–Kier alpha value is -2.62. The van der Waals surface area contributed by atoms with Crippen molar-refractivity contribution in [3.63, 3.8) is 0 Å². The van der Waals surface area contributed by atoms with Crippen molar-refractivity contribution in [1.82, 2.24) is 10.3 Å². The molecular weight excluding hydrogens is 367 g/mol. The lowest BCUT2D eigenvalue weighted by atomic mass is 10.0. The molecule has 3 nitrogen and oxygen atoms in total. The van der Waals surface area contributed by atoms with Gasteiger partial charge in [-0.15, -0.1) is 0 Å². The smallest absolute Gasteiger partial charge is 0.244 e. The normalized spacial score (nSPS) is 12.1. The first-order valence-corrected chi connectivity index (χ1v) is 8.78. The molecule has 0 unspecified atom stereocenters. The van der Waals surface area contributed by atoms with Crippen LogP contribution in [0.15, 0.2) is 79.0 Å². The molecular formula is C21H16Cl2N2O. The maximum atomic E-state index is 12.5. The zero-order valence-electron chi connectivity index (χ0n) is 13.8. The van der Waals surface area contributed by atoms with Crippen LogP contribution in [0, 0.1) is 0 Å². The number of pyridine rings is 1. The molecule has 1 heterocycles. The maximum Gasteiger partial charge on any atom is 0.244 e. The highest BCUT2D eigenvalue weighted by Gasteiger charge is 2.16. The SMILES string of the molecule is O=C(/C=C/c1ccc(Cl)cc1Cl)N[C@H](c1ccccc1)c1ccccn1. The molecule has 26 heavy (non-hydrogen) atoms. The Morgan fingerprint density at radius 1 is 1.00 bits per heavy atom. The maximum absolute atomic E-state index is 12.5. The molecule has 0 aliphatic heterocycles. The molecule has 0 bridgehead atoms. The average molecular weight is 383 g/mol. The molecule has 130 valence electrons. The van der Waals surface area contributed by atoms with Crippen molar-refractivity contribution >= 4 is 35.2 Å². The summed E-state index contributed by atoms with van der Waals surface area (Å²) in [7, 11) is 0. The molecule has 0 saturated heterocycles. The van der Waals surface area contributed by atoms with Crippen LogP contribution in [0.25, 0.3) is 6.08 Å². The van der Waals surface area contributed by atoms with Crippen molar-refractivity contribution in [3.8, 4) is 0 Å². The van der Waals surface area contributed by atoms with Crippen LogP contribution in [-0.4, -0.2) is 10.9 Å². The van der Waals surface area contributed by atoms with Gasteiger partial charge in [-0.25, -0.2) is 0 Å². The van der Waals surface area contributed by atoms with Gasteiger partial charge in [0.15, 0.2) is 0 Å². The second kappa shape index (κ2) is 8.65. The van der Waals surface area contributed by atoms with Gasteiger partial charge in [0, 0.05) is 22.3 Å².